The molecule has 12 heteroatoms. The van der Waals surface area contributed by atoms with Gasteiger partial charge in [-0.05, 0) is 5.56 Å². The lowest BCUT2D eigenvalue weighted by atomic mass is 9.94. The molecule has 7 nitrogen and oxygen atoms in total. The lowest BCUT2D eigenvalue weighted by Crippen LogP contribution is -2.60. The predicted molar refractivity (Wildman–Crippen MR) is 102 cm³/mol. The fraction of sp³-hybridized carbons (Fsp3) is 0.450. The molecule has 4 rings (SSSR count). The summed E-state index contributed by atoms with van der Waals surface area (Å²) in [7, 11) is 1.85. The zero-order valence-electron chi connectivity index (χ0n) is 17.0. The molecule has 1 atom stereocenters. The van der Waals surface area contributed by atoms with Gasteiger partial charge in [-0.3, -0.25) is 9.69 Å². The Kier molecular flexibility index (Phi) is 6.54. The van der Waals surface area contributed by atoms with Crippen molar-refractivity contribution in [2.24, 2.45) is 7.05 Å². The predicted octanol–water partition coefficient (Wildman–Crippen LogP) is 2.63. The van der Waals surface area contributed by atoms with Crippen LogP contribution in [0.3, 0.4) is 0 Å². The number of carboxylic acids is 1. The van der Waals surface area contributed by atoms with E-state index in [1.54, 1.807) is 6.33 Å². The number of imidazole rings is 1. The van der Waals surface area contributed by atoms with Crippen LogP contribution in [-0.4, -0.2) is 68.1 Å². The lowest BCUT2D eigenvalue weighted by Gasteiger charge is -2.42. The van der Waals surface area contributed by atoms with Crippen LogP contribution in [0.15, 0.2) is 36.7 Å². The maximum Gasteiger partial charge on any atom is 0.490 e. The van der Waals surface area contributed by atoms with Crippen LogP contribution < -0.4 is 0 Å². The molecule has 1 aromatic heterocycles. The molecule has 1 fully saturated rings. The van der Waals surface area contributed by atoms with E-state index in [0.29, 0.717) is 19.6 Å². The molecule has 1 N–H and O–H groups in total. The Bertz CT molecular complexity index is 969. The van der Waals surface area contributed by atoms with Gasteiger partial charge < -0.3 is 14.6 Å². The highest BCUT2D eigenvalue weighted by atomic mass is 19.4. The van der Waals surface area contributed by atoms with Crippen molar-refractivity contribution in [1.29, 1.82) is 0 Å². The van der Waals surface area contributed by atoms with E-state index in [2.05, 4.69) is 9.88 Å². The number of aromatic nitrogens is 2. The number of hydrogen-bond donors (Lipinski definition) is 1. The Hall–Kier alpha value is -3.02. The first-order valence-electron chi connectivity index (χ1n) is 9.60. The Balaban J connectivity index is 0.000000360. The van der Waals surface area contributed by atoms with Crippen molar-refractivity contribution in [2.75, 3.05) is 19.6 Å². The molecule has 1 unspecified atom stereocenters. The summed E-state index contributed by atoms with van der Waals surface area (Å²) < 4.78 is 59.9. The highest BCUT2D eigenvalue weighted by Crippen LogP contribution is 2.34. The fourth-order valence-electron chi connectivity index (χ4n) is 3.72. The van der Waals surface area contributed by atoms with Gasteiger partial charge in [0, 0.05) is 26.7 Å². The fourth-order valence-corrected chi connectivity index (χ4v) is 3.72. The molecule has 2 aromatic rings. The Morgan fingerprint density at radius 1 is 1.19 bits per heavy atom. The average molecular weight is 460 g/mol. The summed E-state index contributed by atoms with van der Waals surface area (Å²) in [5.74, 6) is -6.18. The van der Waals surface area contributed by atoms with E-state index in [-0.39, 0.29) is 5.91 Å². The second kappa shape index (κ2) is 8.85. The second-order valence-corrected chi connectivity index (χ2v) is 7.75. The van der Waals surface area contributed by atoms with E-state index in [4.69, 9.17) is 9.90 Å². The summed E-state index contributed by atoms with van der Waals surface area (Å²) in [6, 6.07) is 10.0. The Morgan fingerprint density at radius 3 is 2.31 bits per heavy atom. The molecular weight excluding hydrogens is 439 g/mol. The van der Waals surface area contributed by atoms with Crippen LogP contribution in [0.5, 0.6) is 0 Å². The van der Waals surface area contributed by atoms with Gasteiger partial charge >= 0.3 is 12.1 Å². The molecule has 2 aliphatic rings. The van der Waals surface area contributed by atoms with E-state index in [0.717, 1.165) is 17.0 Å². The molecule has 0 spiro atoms. The largest absolute Gasteiger partial charge is 0.490 e. The molecule has 0 aliphatic carbocycles. The topological polar surface area (TPSA) is 78.7 Å². The quantitative estimate of drug-likeness (QED) is 0.713. The maximum atomic E-state index is 13.2. The van der Waals surface area contributed by atoms with Gasteiger partial charge in [-0.1, -0.05) is 30.3 Å². The highest BCUT2D eigenvalue weighted by molar-refractivity contribution is 5.85. The number of alkyl halides is 5. The number of carbonyl (C=O) groups is 2. The van der Waals surface area contributed by atoms with E-state index < -0.39 is 37.1 Å². The van der Waals surface area contributed by atoms with E-state index in [1.807, 2.05) is 41.9 Å². The summed E-state index contributed by atoms with van der Waals surface area (Å²) >= 11 is 0. The third-order valence-electron chi connectivity index (χ3n) is 5.15. The smallest absolute Gasteiger partial charge is 0.475 e. The second-order valence-electron chi connectivity index (χ2n) is 7.75. The van der Waals surface area contributed by atoms with Crippen LogP contribution in [0.25, 0.3) is 0 Å². The number of rotatable bonds is 3. The van der Waals surface area contributed by atoms with Gasteiger partial charge in [-0.25, -0.2) is 18.6 Å². The van der Waals surface area contributed by atoms with E-state index in [1.165, 1.54) is 4.90 Å². The summed E-state index contributed by atoms with van der Waals surface area (Å²) in [5.41, 5.74) is 2.86. The van der Waals surface area contributed by atoms with Crippen LogP contribution in [0, 0.1) is 0 Å². The standard InChI is InChI=1S/C18H20F2N4O.C2HF3O2/c1-22-12-21-15-9-23(7-13-5-3-2-4-6-13)8-14(16(15)22)17(25)24-10-18(19,20)11-24;3-2(4,5)1(6)7/h2-6,12,14H,7-11H2,1H3;(H,6,7). The van der Waals surface area contributed by atoms with Gasteiger partial charge in [0.05, 0.1) is 36.7 Å². The monoisotopic (exact) mass is 460 g/mol. The summed E-state index contributed by atoms with van der Waals surface area (Å²) in [4.78, 5) is 29.5. The average Bonchev–Trinajstić information content (AvgIpc) is 3.06. The summed E-state index contributed by atoms with van der Waals surface area (Å²) in [6.45, 7) is 0.923. The number of fused-ring (bicyclic) bond motifs is 1. The number of hydrogen-bond acceptors (Lipinski definition) is 4. The van der Waals surface area contributed by atoms with Gasteiger partial charge in [-0.2, -0.15) is 13.2 Å². The van der Waals surface area contributed by atoms with Gasteiger partial charge in [0.2, 0.25) is 5.91 Å². The molecular formula is C20H21F5N4O3. The number of nitrogens with zero attached hydrogens (tertiary/aromatic N) is 4. The number of carbonyl (C=O) groups excluding carboxylic acids is 1. The number of likely N-dealkylation sites (tertiary alicyclic amines) is 1. The van der Waals surface area contributed by atoms with E-state index in [9.17, 15) is 26.7 Å². The number of aryl methyl sites for hydroxylation is 1. The third-order valence-corrected chi connectivity index (χ3v) is 5.15. The van der Waals surface area contributed by atoms with Gasteiger partial charge in [-0.15, -0.1) is 0 Å². The summed E-state index contributed by atoms with van der Waals surface area (Å²) in [6.07, 6.45) is -3.39. The molecule has 0 bridgehead atoms. The minimum absolute atomic E-state index is 0.228. The summed E-state index contributed by atoms with van der Waals surface area (Å²) in [5, 5.41) is 7.12. The van der Waals surface area contributed by atoms with Crippen LogP contribution in [-0.2, 0) is 29.7 Å². The van der Waals surface area contributed by atoms with Crippen molar-refractivity contribution in [1.82, 2.24) is 19.4 Å². The Morgan fingerprint density at radius 2 is 1.78 bits per heavy atom. The van der Waals surface area contributed by atoms with Crippen LogP contribution in [0.2, 0.25) is 0 Å². The lowest BCUT2D eigenvalue weighted by molar-refractivity contribution is -0.192. The van der Waals surface area contributed by atoms with Crippen LogP contribution in [0.4, 0.5) is 22.0 Å². The molecule has 1 amide bonds. The molecule has 0 radical (unpaired) electrons. The Labute approximate surface area is 180 Å². The van der Waals surface area contributed by atoms with Gasteiger partial charge in [0.25, 0.3) is 5.92 Å². The minimum atomic E-state index is -5.08. The maximum absolute atomic E-state index is 13.2. The first-order chi connectivity index (χ1) is 14.9. The SMILES string of the molecule is Cn1cnc2c1C(C(=O)N1CC(F)(F)C1)CN(Cc1ccccc1)C2.O=C(O)C(F)(F)F. The third kappa shape index (κ3) is 5.42. The first-order valence-corrected chi connectivity index (χ1v) is 9.60. The molecule has 0 saturated carbocycles. The van der Waals surface area contributed by atoms with Crippen molar-refractivity contribution in [3.8, 4) is 0 Å². The molecule has 32 heavy (non-hydrogen) atoms. The molecule has 174 valence electrons. The zero-order valence-corrected chi connectivity index (χ0v) is 17.0. The van der Waals surface area contributed by atoms with Crippen molar-refractivity contribution < 1.29 is 36.6 Å². The number of aliphatic carboxylic acids is 1. The number of halogens is 5. The highest BCUT2D eigenvalue weighted by Gasteiger charge is 2.49. The van der Waals surface area contributed by atoms with Crippen molar-refractivity contribution in [3.05, 3.63) is 53.6 Å². The van der Waals surface area contributed by atoms with Gasteiger partial charge in [0.15, 0.2) is 0 Å². The van der Waals surface area contributed by atoms with Gasteiger partial charge in [0.1, 0.15) is 0 Å². The molecule has 3 heterocycles. The molecule has 1 saturated heterocycles. The zero-order chi connectivity index (χ0) is 23.7. The van der Waals surface area contributed by atoms with Crippen LogP contribution in [0.1, 0.15) is 22.9 Å². The van der Waals surface area contributed by atoms with Crippen molar-refractivity contribution >= 4 is 11.9 Å². The van der Waals surface area contributed by atoms with Crippen LogP contribution >= 0.6 is 0 Å². The van der Waals surface area contributed by atoms with Crippen molar-refractivity contribution in [2.45, 2.75) is 31.1 Å². The first kappa shape index (κ1) is 23.6. The molecule has 1 aromatic carbocycles. The number of benzene rings is 1. The minimum Gasteiger partial charge on any atom is -0.475 e. The number of amides is 1. The van der Waals surface area contributed by atoms with Crippen molar-refractivity contribution in [3.63, 3.8) is 0 Å². The number of carboxylic acid groups (broad SMARTS) is 1. The normalized spacial score (nSPS) is 19.9. The van der Waals surface area contributed by atoms with E-state index >= 15 is 0 Å². The molecule has 2 aliphatic heterocycles.